The Kier molecular flexibility index (Phi) is 6.19. The summed E-state index contributed by atoms with van der Waals surface area (Å²) in [5, 5.41) is 0.631. The molecule has 2 aromatic rings. The summed E-state index contributed by atoms with van der Waals surface area (Å²) < 4.78 is 0. The highest BCUT2D eigenvalue weighted by Gasteiger charge is 2.45. The Hall–Kier alpha value is -2.57. The van der Waals surface area contributed by atoms with Crippen molar-refractivity contribution in [3.05, 3.63) is 46.2 Å². The van der Waals surface area contributed by atoms with Crippen molar-refractivity contribution < 1.29 is 9.59 Å². The molecule has 2 heterocycles. The zero-order valence-corrected chi connectivity index (χ0v) is 19.8. The van der Waals surface area contributed by atoms with Crippen LogP contribution in [0.25, 0.3) is 17.0 Å². The summed E-state index contributed by atoms with van der Waals surface area (Å²) in [6.07, 6.45) is 3.19. The maximum atomic E-state index is 13.6. The van der Waals surface area contributed by atoms with Crippen molar-refractivity contribution in [3.63, 3.8) is 0 Å². The average molecular weight is 453 g/mol. The second-order valence-corrected chi connectivity index (χ2v) is 9.31. The van der Waals surface area contributed by atoms with Crippen LogP contribution in [0.5, 0.6) is 0 Å². The lowest BCUT2D eigenvalue weighted by atomic mass is 9.73. The Balaban J connectivity index is 1.74. The number of ketones is 2. The second kappa shape index (κ2) is 8.75. The molecule has 7 heteroatoms. The molecular formula is C25H29ClN4O2. The zero-order chi connectivity index (χ0) is 23.0. The normalized spacial score (nSPS) is 19.5. The molecule has 0 fully saturated rings. The predicted octanol–water partition coefficient (Wildman–Crippen LogP) is 4.85. The minimum absolute atomic E-state index is 0.0644. The number of benzene rings is 1. The molecule has 0 saturated carbocycles. The molecule has 32 heavy (non-hydrogen) atoms. The van der Waals surface area contributed by atoms with Gasteiger partial charge in [-0.05, 0) is 70.6 Å². The van der Waals surface area contributed by atoms with Gasteiger partial charge in [-0.1, -0.05) is 25.4 Å². The Morgan fingerprint density at radius 3 is 2.47 bits per heavy atom. The Morgan fingerprint density at radius 1 is 1.12 bits per heavy atom. The largest absolute Gasteiger partial charge is 0.335 e. The van der Waals surface area contributed by atoms with Gasteiger partial charge in [-0.2, -0.15) is 0 Å². The quantitative estimate of drug-likeness (QED) is 0.651. The first-order chi connectivity index (χ1) is 15.3. The molecule has 168 valence electrons. The van der Waals surface area contributed by atoms with E-state index in [9.17, 15) is 9.59 Å². The smallest absolute Gasteiger partial charge is 0.188 e. The summed E-state index contributed by atoms with van der Waals surface area (Å²) in [5.74, 6) is -0.0465. The van der Waals surface area contributed by atoms with Gasteiger partial charge >= 0.3 is 0 Å². The van der Waals surface area contributed by atoms with Gasteiger partial charge in [-0.15, -0.1) is 0 Å². The van der Waals surface area contributed by atoms with E-state index in [4.69, 9.17) is 16.6 Å². The van der Waals surface area contributed by atoms with E-state index in [0.29, 0.717) is 39.8 Å². The number of halogens is 1. The monoisotopic (exact) mass is 452 g/mol. The molecule has 6 nitrogen and oxygen atoms in total. The van der Waals surface area contributed by atoms with Crippen molar-refractivity contribution in [1.82, 2.24) is 14.9 Å². The molecule has 0 spiro atoms. The summed E-state index contributed by atoms with van der Waals surface area (Å²) in [7, 11) is 0. The van der Waals surface area contributed by atoms with Gasteiger partial charge in [-0.25, -0.2) is 4.98 Å². The average Bonchev–Trinajstić information content (AvgIpc) is 3.22. The number of nitrogens with one attached hydrogen (secondary N) is 1. The van der Waals surface area contributed by atoms with Crippen LogP contribution in [-0.2, 0) is 4.79 Å². The molecule has 2 aliphatic rings. The number of aromatic amines is 1. The van der Waals surface area contributed by atoms with Crippen LogP contribution in [0.2, 0.25) is 5.02 Å². The first kappa shape index (κ1) is 22.6. The highest BCUT2D eigenvalue weighted by Crippen LogP contribution is 2.41. The molecule has 0 amide bonds. The lowest BCUT2D eigenvalue weighted by Gasteiger charge is -2.32. The molecular weight excluding hydrogens is 424 g/mol. The minimum atomic E-state index is -0.872. The molecule has 1 aromatic carbocycles. The molecule has 1 aliphatic heterocycles. The Morgan fingerprint density at radius 2 is 1.81 bits per heavy atom. The van der Waals surface area contributed by atoms with Crippen LogP contribution in [-0.4, -0.2) is 57.8 Å². The molecule has 0 radical (unpaired) electrons. The van der Waals surface area contributed by atoms with E-state index in [0.717, 1.165) is 31.6 Å². The van der Waals surface area contributed by atoms with Gasteiger partial charge in [0.25, 0.3) is 0 Å². The number of dihydropyridines is 1. The van der Waals surface area contributed by atoms with Crippen molar-refractivity contribution in [2.24, 2.45) is 10.9 Å². The number of Topliss-reactive ketones (excluding diaryl/α,β-unsaturated/α-hetero) is 2. The standard InChI is InChI=1S/C25H29ClN4O2/c1-5-30(6-2)13-7-8-17-19-18(14-27-25(3,4)23(19)32)20-21(22(17)31)29-24(28-20)15-9-11-16(26)12-10-15/h9-12,14,17H,5-8,13H2,1-4H3,(H,28,29). The van der Waals surface area contributed by atoms with E-state index in [1.807, 2.05) is 12.1 Å². The van der Waals surface area contributed by atoms with Gasteiger partial charge in [0.15, 0.2) is 11.6 Å². The zero-order valence-electron chi connectivity index (χ0n) is 19.0. The van der Waals surface area contributed by atoms with Crippen molar-refractivity contribution >= 4 is 35.0 Å². The fourth-order valence-corrected chi connectivity index (χ4v) is 4.60. The van der Waals surface area contributed by atoms with Crippen LogP contribution in [0, 0.1) is 5.92 Å². The van der Waals surface area contributed by atoms with Gasteiger partial charge in [0.05, 0.1) is 5.92 Å². The molecule has 1 aliphatic carbocycles. The van der Waals surface area contributed by atoms with E-state index in [2.05, 4.69) is 28.7 Å². The van der Waals surface area contributed by atoms with Crippen molar-refractivity contribution in [2.75, 3.05) is 19.6 Å². The number of rotatable bonds is 7. The number of H-pyrrole nitrogens is 1. The highest BCUT2D eigenvalue weighted by molar-refractivity contribution is 6.31. The molecule has 1 aromatic heterocycles. The van der Waals surface area contributed by atoms with E-state index in [1.54, 1.807) is 32.2 Å². The number of imidazole rings is 1. The number of aliphatic imine (C=N–C) groups is 1. The fourth-order valence-electron chi connectivity index (χ4n) is 4.47. The van der Waals surface area contributed by atoms with E-state index < -0.39 is 11.5 Å². The van der Waals surface area contributed by atoms with Gasteiger partial charge in [-0.3, -0.25) is 14.6 Å². The van der Waals surface area contributed by atoms with Crippen LogP contribution < -0.4 is 0 Å². The number of hydrogen-bond acceptors (Lipinski definition) is 5. The molecule has 0 saturated heterocycles. The third-order valence-corrected chi connectivity index (χ3v) is 6.71. The third kappa shape index (κ3) is 3.97. The maximum absolute atomic E-state index is 13.6. The minimum Gasteiger partial charge on any atom is -0.335 e. The number of hydrogen-bond donors (Lipinski definition) is 1. The fraction of sp³-hybridized carbons (Fsp3) is 0.440. The number of fused-ring (bicyclic) bond motifs is 2. The number of nitrogens with zero attached hydrogens (tertiary/aromatic N) is 3. The lowest BCUT2D eigenvalue weighted by molar-refractivity contribution is -0.119. The van der Waals surface area contributed by atoms with E-state index in [1.165, 1.54) is 0 Å². The van der Waals surface area contributed by atoms with Crippen LogP contribution in [0.4, 0.5) is 0 Å². The topological polar surface area (TPSA) is 78.4 Å². The Labute approximate surface area is 193 Å². The first-order valence-electron chi connectivity index (χ1n) is 11.2. The van der Waals surface area contributed by atoms with Gasteiger partial charge < -0.3 is 9.88 Å². The molecule has 1 unspecified atom stereocenters. The number of carbonyl (C=O) groups is 2. The molecule has 1 N–H and O–H groups in total. The van der Waals surface area contributed by atoms with Crippen LogP contribution in [0.3, 0.4) is 0 Å². The number of allylic oxidation sites excluding steroid dienone is 1. The van der Waals surface area contributed by atoms with Crippen molar-refractivity contribution in [3.8, 4) is 11.4 Å². The maximum Gasteiger partial charge on any atom is 0.188 e. The van der Waals surface area contributed by atoms with Crippen molar-refractivity contribution in [1.29, 1.82) is 0 Å². The van der Waals surface area contributed by atoms with Crippen LogP contribution in [0.15, 0.2) is 34.8 Å². The molecule has 4 rings (SSSR count). The van der Waals surface area contributed by atoms with Crippen molar-refractivity contribution in [2.45, 2.75) is 46.1 Å². The number of aromatic nitrogens is 2. The SMILES string of the molecule is CCN(CC)CCCC1C(=O)c2[nH]c(-c3ccc(Cl)cc3)nc2C2=C1C(=O)C(C)(C)N=C2. The highest BCUT2D eigenvalue weighted by atomic mass is 35.5. The van der Waals surface area contributed by atoms with Gasteiger partial charge in [0, 0.05) is 27.9 Å². The Bertz CT molecular complexity index is 1110. The van der Waals surface area contributed by atoms with Gasteiger partial charge in [0.1, 0.15) is 22.8 Å². The van der Waals surface area contributed by atoms with Gasteiger partial charge in [0.2, 0.25) is 0 Å². The molecule has 0 bridgehead atoms. The first-order valence-corrected chi connectivity index (χ1v) is 11.6. The van der Waals surface area contributed by atoms with Crippen LogP contribution in [0.1, 0.15) is 56.7 Å². The number of carbonyl (C=O) groups excluding carboxylic acids is 2. The van der Waals surface area contributed by atoms with E-state index >= 15 is 0 Å². The summed E-state index contributed by atoms with van der Waals surface area (Å²) in [5.41, 5.74) is 2.17. The predicted molar refractivity (Wildman–Crippen MR) is 128 cm³/mol. The third-order valence-electron chi connectivity index (χ3n) is 6.46. The summed E-state index contributed by atoms with van der Waals surface area (Å²) in [6, 6.07) is 7.29. The second-order valence-electron chi connectivity index (χ2n) is 8.88. The van der Waals surface area contributed by atoms with Crippen LogP contribution >= 0.6 is 11.6 Å². The molecule has 1 atom stereocenters. The summed E-state index contributed by atoms with van der Waals surface area (Å²) in [4.78, 5) is 41.7. The summed E-state index contributed by atoms with van der Waals surface area (Å²) >= 11 is 6.02. The summed E-state index contributed by atoms with van der Waals surface area (Å²) in [6.45, 7) is 10.7. The van der Waals surface area contributed by atoms with E-state index in [-0.39, 0.29) is 11.6 Å². The lowest BCUT2D eigenvalue weighted by Crippen LogP contribution is -2.41.